The summed E-state index contributed by atoms with van der Waals surface area (Å²) in [5.74, 6) is 0. The Hall–Kier alpha value is -4.88. The van der Waals surface area contributed by atoms with Crippen molar-refractivity contribution < 1.29 is 15.4 Å². The number of furan rings is 1. The molecule has 0 aliphatic heterocycles. The second kappa shape index (κ2) is 7.81. The Labute approximate surface area is 225 Å². The molecule has 0 amide bonds. The van der Waals surface area contributed by atoms with E-state index in [0.717, 1.165) is 21.5 Å². The van der Waals surface area contributed by atoms with Gasteiger partial charge in [-0.25, -0.2) is 0 Å². The highest BCUT2D eigenvalue weighted by Gasteiger charge is 2.17. The summed E-state index contributed by atoms with van der Waals surface area (Å²) in [7, 11) is 0. The van der Waals surface area contributed by atoms with Gasteiger partial charge in [0.15, 0.2) is 0 Å². The molecule has 1 heterocycles. The van der Waals surface area contributed by atoms with Gasteiger partial charge in [0.2, 0.25) is 0 Å². The van der Waals surface area contributed by atoms with E-state index in [-0.39, 0.29) is 45.7 Å². The predicted octanol–water partition coefficient (Wildman–Crippen LogP) is 10.4. The highest BCUT2D eigenvalue weighted by molar-refractivity contribution is 6.22. The molecule has 8 aromatic rings. The van der Waals surface area contributed by atoms with Crippen LogP contribution in [0.3, 0.4) is 0 Å². The third-order valence-corrected chi connectivity index (χ3v) is 7.06. The van der Waals surface area contributed by atoms with Crippen molar-refractivity contribution in [1.29, 1.82) is 0 Å². The zero-order valence-corrected chi connectivity index (χ0v) is 19.5. The van der Waals surface area contributed by atoms with E-state index < -0.39 is 24.2 Å². The lowest BCUT2D eigenvalue weighted by molar-refractivity contribution is 0.669. The number of hydrogen-bond donors (Lipinski definition) is 0. The lowest BCUT2D eigenvalue weighted by Crippen LogP contribution is -1.90. The van der Waals surface area contributed by atoms with Crippen LogP contribution in [0.2, 0.25) is 0 Å². The Kier molecular flexibility index (Phi) is 2.96. The molecule has 1 nitrogen and oxygen atoms in total. The van der Waals surface area contributed by atoms with Crippen LogP contribution in [0.1, 0.15) is 11.0 Å². The van der Waals surface area contributed by atoms with Crippen LogP contribution in [0.5, 0.6) is 0 Å². The molecule has 1 aromatic heterocycles. The molecule has 37 heavy (non-hydrogen) atoms. The molecule has 0 N–H and O–H groups in total. The average molecular weight is 479 g/mol. The van der Waals surface area contributed by atoms with Gasteiger partial charge in [-0.1, -0.05) is 109 Å². The molecular weight excluding hydrogens is 448 g/mol. The van der Waals surface area contributed by atoms with Crippen molar-refractivity contribution in [3.8, 4) is 22.3 Å². The zero-order chi connectivity index (χ0) is 31.3. The minimum absolute atomic E-state index is 0.190. The van der Waals surface area contributed by atoms with Crippen molar-refractivity contribution in [2.75, 3.05) is 0 Å². The van der Waals surface area contributed by atoms with Crippen molar-refractivity contribution in [3.05, 3.63) is 133 Å². The van der Waals surface area contributed by atoms with Crippen LogP contribution in [0.4, 0.5) is 0 Å². The first-order valence-corrected chi connectivity index (χ1v) is 12.0. The van der Waals surface area contributed by atoms with Gasteiger partial charge in [0, 0.05) is 10.8 Å². The van der Waals surface area contributed by atoms with Gasteiger partial charge < -0.3 is 4.42 Å². The smallest absolute Gasteiger partial charge is 0.136 e. The summed E-state index contributed by atoms with van der Waals surface area (Å²) in [6.45, 7) is 0. The topological polar surface area (TPSA) is 13.1 Å². The third-order valence-electron chi connectivity index (χ3n) is 7.06. The molecule has 0 saturated heterocycles. The maximum absolute atomic E-state index is 9.12. The second-order valence-corrected chi connectivity index (χ2v) is 9.12. The monoisotopic (exact) mass is 478 g/mol. The maximum Gasteiger partial charge on any atom is 0.136 e. The normalized spacial score (nSPS) is 14.8. The highest BCUT2D eigenvalue weighted by atomic mass is 16.3. The van der Waals surface area contributed by atoms with Gasteiger partial charge in [0.05, 0.1) is 11.0 Å². The molecule has 0 atom stereocenters. The molecule has 0 aliphatic carbocycles. The minimum atomic E-state index is -0.422. The van der Waals surface area contributed by atoms with Gasteiger partial charge >= 0.3 is 0 Å². The molecule has 0 bridgehead atoms. The van der Waals surface area contributed by atoms with Crippen LogP contribution < -0.4 is 0 Å². The number of rotatable bonds is 2. The van der Waals surface area contributed by atoms with Crippen LogP contribution in [-0.4, -0.2) is 0 Å². The fourth-order valence-electron chi connectivity index (χ4n) is 5.42. The van der Waals surface area contributed by atoms with E-state index in [9.17, 15) is 0 Å². The molecule has 0 radical (unpaired) electrons. The van der Waals surface area contributed by atoms with Gasteiger partial charge in [0.25, 0.3) is 0 Å². The van der Waals surface area contributed by atoms with E-state index in [2.05, 4.69) is 0 Å². The summed E-state index contributed by atoms with van der Waals surface area (Å²) < 4.78 is 76.9. The van der Waals surface area contributed by atoms with E-state index >= 15 is 0 Å². The Balaban J connectivity index is 1.63. The first kappa shape index (κ1) is 14.0. The molecule has 0 saturated carbocycles. The summed E-state index contributed by atoms with van der Waals surface area (Å²) in [6.07, 6.45) is 0. The molecule has 1 heteroatoms. The molecule has 0 fully saturated rings. The van der Waals surface area contributed by atoms with Crippen molar-refractivity contribution in [2.24, 2.45) is 0 Å². The van der Waals surface area contributed by atoms with Crippen molar-refractivity contribution in [3.63, 3.8) is 0 Å². The van der Waals surface area contributed by atoms with Gasteiger partial charge in [0.1, 0.15) is 11.2 Å². The van der Waals surface area contributed by atoms with E-state index in [1.54, 1.807) is 36.4 Å². The van der Waals surface area contributed by atoms with Crippen LogP contribution in [0, 0.1) is 0 Å². The molecule has 0 unspecified atom stereocenters. The molecule has 7 aromatic carbocycles. The van der Waals surface area contributed by atoms with E-state index in [1.165, 1.54) is 0 Å². The Morgan fingerprint density at radius 3 is 1.62 bits per heavy atom. The van der Waals surface area contributed by atoms with Gasteiger partial charge in [-0.3, -0.25) is 0 Å². The molecule has 8 rings (SSSR count). The second-order valence-electron chi connectivity index (χ2n) is 9.12. The highest BCUT2D eigenvalue weighted by Crippen LogP contribution is 2.44. The summed E-state index contributed by atoms with van der Waals surface area (Å²) in [4.78, 5) is 0. The first-order valence-electron chi connectivity index (χ1n) is 16.0. The van der Waals surface area contributed by atoms with Crippen molar-refractivity contribution >= 4 is 54.3 Å². The summed E-state index contributed by atoms with van der Waals surface area (Å²) >= 11 is 0. The minimum Gasteiger partial charge on any atom is -0.456 e. The van der Waals surface area contributed by atoms with Crippen LogP contribution >= 0.6 is 0 Å². The number of benzene rings is 7. The van der Waals surface area contributed by atoms with E-state index in [1.807, 2.05) is 48.5 Å². The van der Waals surface area contributed by atoms with Gasteiger partial charge in [-0.15, -0.1) is 0 Å². The molecule has 172 valence electrons. The number of fused-ring (bicyclic) bond motifs is 6. The first-order chi connectivity index (χ1) is 21.7. The lowest BCUT2D eigenvalue weighted by atomic mass is 9.86. The number of hydrogen-bond acceptors (Lipinski definition) is 1. The van der Waals surface area contributed by atoms with E-state index in [0.29, 0.717) is 33.4 Å². The summed E-state index contributed by atoms with van der Waals surface area (Å²) in [5.41, 5.74) is 3.10. The van der Waals surface area contributed by atoms with Gasteiger partial charge in [-0.05, 0) is 78.8 Å². The van der Waals surface area contributed by atoms with E-state index in [4.69, 9.17) is 15.4 Å². The Morgan fingerprint density at radius 2 is 0.973 bits per heavy atom. The predicted molar refractivity (Wildman–Crippen MR) is 157 cm³/mol. The largest absolute Gasteiger partial charge is 0.456 e. The fraction of sp³-hybridized carbons (Fsp3) is 0. The summed E-state index contributed by atoms with van der Waals surface area (Å²) in [6, 6.07) is 23.6. The SMILES string of the molecule is [2H]c1c([2H])c([2H])c2c(-c3ccc4oc5cc6ccccc6cc5c4c3)c3c([2H])c([2H])c([2H])c([2H])c3c(-c3ccccc3)c2c1[2H]. The van der Waals surface area contributed by atoms with Crippen LogP contribution in [0.25, 0.3) is 76.5 Å². The quantitative estimate of drug-likeness (QED) is 0.225. The van der Waals surface area contributed by atoms with Crippen molar-refractivity contribution in [2.45, 2.75) is 0 Å². The zero-order valence-electron chi connectivity index (χ0n) is 27.5. The standard InChI is InChI=1S/C36H22O/c1-2-10-23(11-3-1)35-27-14-6-8-16-29(27)36(30-17-9-7-15-28(30)35)26-18-19-33-31(21-26)32-20-24-12-4-5-13-25(24)22-34(32)37-33/h1-22H/i6D,7D,8D,9D,14D,15D,16D,17D. The Morgan fingerprint density at radius 1 is 0.432 bits per heavy atom. The van der Waals surface area contributed by atoms with Crippen molar-refractivity contribution in [1.82, 2.24) is 0 Å². The molecular formula is C36H22O. The van der Waals surface area contributed by atoms with Gasteiger partial charge in [-0.2, -0.15) is 0 Å². The lowest BCUT2D eigenvalue weighted by Gasteiger charge is -2.17. The average Bonchev–Trinajstić information content (AvgIpc) is 3.42. The van der Waals surface area contributed by atoms with Crippen LogP contribution in [-0.2, 0) is 0 Å². The molecule has 0 aliphatic rings. The fourth-order valence-corrected chi connectivity index (χ4v) is 5.42. The summed E-state index contributed by atoms with van der Waals surface area (Å²) in [5, 5.41) is 4.48. The Bertz CT molecular complexity index is 2490. The van der Waals surface area contributed by atoms with Crippen LogP contribution in [0.15, 0.2) is 138 Å². The third kappa shape index (κ3) is 3.04. The molecule has 0 spiro atoms. The maximum atomic E-state index is 9.12.